The van der Waals surface area contributed by atoms with Crippen LogP contribution in [0.1, 0.15) is 11.1 Å². The first-order valence-electron chi connectivity index (χ1n) is 11.4. The fourth-order valence-electron chi connectivity index (χ4n) is 3.79. The number of aromatic nitrogens is 4. The topological polar surface area (TPSA) is 83.5 Å². The highest BCUT2D eigenvalue weighted by molar-refractivity contribution is 5.72. The summed E-state index contributed by atoms with van der Waals surface area (Å²) < 4.78 is 51.9. The van der Waals surface area contributed by atoms with Gasteiger partial charge in [-0.2, -0.15) is 4.98 Å². The minimum atomic E-state index is -4.87. The first-order valence-corrected chi connectivity index (χ1v) is 11.4. The normalized spacial score (nSPS) is 11.9. The Kier molecular flexibility index (Phi) is 7.12. The van der Waals surface area contributed by atoms with Crippen molar-refractivity contribution in [1.29, 1.82) is 0 Å². The van der Waals surface area contributed by atoms with Crippen LogP contribution in [-0.4, -0.2) is 50.6 Å². The Morgan fingerprint density at radius 1 is 1.00 bits per heavy atom. The maximum atomic E-state index is 13.5. The molecule has 37 heavy (non-hydrogen) atoms. The first-order chi connectivity index (χ1) is 17.4. The summed E-state index contributed by atoms with van der Waals surface area (Å²) in [5, 5.41) is 0. The lowest BCUT2D eigenvalue weighted by Crippen LogP contribution is -2.41. The maximum absolute atomic E-state index is 13.5. The summed E-state index contributed by atoms with van der Waals surface area (Å²) in [5.41, 5.74) is 1.04. The Morgan fingerprint density at radius 3 is 2.32 bits per heavy atom. The van der Waals surface area contributed by atoms with E-state index in [0.29, 0.717) is 6.54 Å². The number of imidazole rings is 1. The van der Waals surface area contributed by atoms with Crippen LogP contribution >= 0.6 is 0 Å². The van der Waals surface area contributed by atoms with E-state index in [2.05, 4.69) is 9.72 Å². The number of rotatable bonds is 8. The molecule has 0 fully saturated rings. The van der Waals surface area contributed by atoms with Gasteiger partial charge in [0.25, 0.3) is 5.56 Å². The van der Waals surface area contributed by atoms with Crippen LogP contribution in [0.5, 0.6) is 17.5 Å². The predicted octanol–water partition coefficient (Wildman–Crippen LogP) is 3.51. The molecule has 0 amide bonds. The van der Waals surface area contributed by atoms with Gasteiger partial charge in [0.2, 0.25) is 0 Å². The standard InChI is InChI=1S/C25H26F3N5O4/c1-16-8-10-17(11-9-16)15-33-20-21(31(4)24(35)32(22(20)34)13-12-30(2)3)29-23(33)36-18-6-5-7-19(14-18)37-25(26,27)28/h5-11,14H,12-13,15H2,1-4H3. The molecule has 0 aliphatic carbocycles. The Bertz CT molecular complexity index is 1540. The van der Waals surface area contributed by atoms with Crippen molar-refractivity contribution in [3.05, 3.63) is 80.5 Å². The highest BCUT2D eigenvalue weighted by Gasteiger charge is 2.31. The molecule has 0 unspecified atom stereocenters. The summed E-state index contributed by atoms with van der Waals surface area (Å²) in [6, 6.07) is 12.5. The molecule has 2 aromatic heterocycles. The van der Waals surface area contributed by atoms with E-state index < -0.39 is 23.4 Å². The number of aryl methyl sites for hydroxylation is 2. The van der Waals surface area contributed by atoms with Crippen LogP contribution in [0.15, 0.2) is 58.1 Å². The lowest BCUT2D eigenvalue weighted by atomic mass is 10.1. The Labute approximate surface area is 209 Å². The van der Waals surface area contributed by atoms with Gasteiger partial charge in [-0.3, -0.25) is 18.5 Å². The molecule has 0 saturated carbocycles. The number of hydrogen-bond acceptors (Lipinski definition) is 6. The molecule has 0 saturated heterocycles. The lowest BCUT2D eigenvalue weighted by molar-refractivity contribution is -0.274. The zero-order valence-corrected chi connectivity index (χ0v) is 20.7. The van der Waals surface area contributed by atoms with Crippen LogP contribution in [0.3, 0.4) is 0 Å². The van der Waals surface area contributed by atoms with E-state index in [0.717, 1.165) is 27.8 Å². The quantitative estimate of drug-likeness (QED) is 0.356. The summed E-state index contributed by atoms with van der Waals surface area (Å²) in [6.07, 6.45) is -4.87. The molecular weight excluding hydrogens is 491 g/mol. The van der Waals surface area contributed by atoms with Gasteiger partial charge in [-0.25, -0.2) is 4.79 Å². The van der Waals surface area contributed by atoms with Crippen molar-refractivity contribution < 1.29 is 22.6 Å². The van der Waals surface area contributed by atoms with Crippen molar-refractivity contribution in [2.45, 2.75) is 26.4 Å². The van der Waals surface area contributed by atoms with Crippen LogP contribution in [-0.2, 0) is 20.1 Å². The molecule has 0 atom stereocenters. The fraction of sp³-hybridized carbons (Fsp3) is 0.320. The van der Waals surface area contributed by atoms with Crippen LogP contribution in [0.25, 0.3) is 11.2 Å². The molecule has 4 aromatic rings. The van der Waals surface area contributed by atoms with Crippen LogP contribution < -0.4 is 20.7 Å². The first kappa shape index (κ1) is 26.0. The van der Waals surface area contributed by atoms with Gasteiger partial charge < -0.3 is 14.4 Å². The Balaban J connectivity index is 1.87. The van der Waals surface area contributed by atoms with Gasteiger partial charge in [0.1, 0.15) is 11.5 Å². The summed E-state index contributed by atoms with van der Waals surface area (Å²) in [6.45, 7) is 2.74. The molecule has 0 aliphatic rings. The molecule has 196 valence electrons. The zero-order valence-electron chi connectivity index (χ0n) is 20.7. The van der Waals surface area contributed by atoms with Crippen molar-refractivity contribution in [1.82, 2.24) is 23.6 Å². The maximum Gasteiger partial charge on any atom is 0.573 e. The van der Waals surface area contributed by atoms with Crippen LogP contribution in [0.2, 0.25) is 0 Å². The van der Waals surface area contributed by atoms with Gasteiger partial charge in [0.05, 0.1) is 6.54 Å². The van der Waals surface area contributed by atoms with Gasteiger partial charge in [-0.05, 0) is 38.7 Å². The number of halogens is 3. The monoisotopic (exact) mass is 517 g/mol. The molecule has 2 heterocycles. The number of alkyl halides is 3. The minimum absolute atomic E-state index is 0.0140. The second kappa shape index (κ2) is 10.1. The van der Waals surface area contributed by atoms with Crippen LogP contribution in [0.4, 0.5) is 13.2 Å². The zero-order chi connectivity index (χ0) is 26.9. The molecule has 4 rings (SSSR count). The number of fused-ring (bicyclic) bond motifs is 1. The van der Waals surface area contributed by atoms with Crippen molar-refractivity contribution in [2.24, 2.45) is 7.05 Å². The minimum Gasteiger partial charge on any atom is -0.425 e. The van der Waals surface area contributed by atoms with Gasteiger partial charge >= 0.3 is 18.1 Å². The third-order valence-electron chi connectivity index (χ3n) is 5.68. The van der Waals surface area contributed by atoms with Gasteiger partial charge in [0.15, 0.2) is 11.2 Å². The van der Waals surface area contributed by atoms with E-state index in [1.54, 1.807) is 0 Å². The summed E-state index contributed by atoms with van der Waals surface area (Å²) >= 11 is 0. The second-order valence-corrected chi connectivity index (χ2v) is 8.86. The summed E-state index contributed by atoms with van der Waals surface area (Å²) in [5.74, 6) is -0.454. The number of likely N-dealkylation sites (N-methyl/N-ethyl adjacent to an activating group) is 1. The molecule has 9 nitrogen and oxygen atoms in total. The van der Waals surface area contributed by atoms with Crippen molar-refractivity contribution in [3.8, 4) is 17.5 Å². The van der Waals surface area contributed by atoms with Gasteiger partial charge in [-0.15, -0.1) is 13.2 Å². The van der Waals surface area contributed by atoms with Crippen molar-refractivity contribution in [2.75, 3.05) is 20.6 Å². The lowest BCUT2D eigenvalue weighted by Gasteiger charge is -2.14. The molecule has 0 N–H and O–H groups in total. The molecule has 0 radical (unpaired) electrons. The molecule has 12 heteroatoms. The second-order valence-electron chi connectivity index (χ2n) is 8.86. The van der Waals surface area contributed by atoms with Crippen molar-refractivity contribution in [3.63, 3.8) is 0 Å². The van der Waals surface area contributed by atoms with Crippen LogP contribution in [0, 0.1) is 6.92 Å². The Hall–Kier alpha value is -4.06. The molecule has 2 aromatic carbocycles. The average Bonchev–Trinajstić information content (AvgIpc) is 3.16. The highest BCUT2D eigenvalue weighted by atomic mass is 19.4. The molecule has 0 bridgehead atoms. The van der Waals surface area contributed by atoms with E-state index in [1.165, 1.54) is 28.3 Å². The van der Waals surface area contributed by atoms with Gasteiger partial charge in [-0.1, -0.05) is 35.9 Å². The van der Waals surface area contributed by atoms with E-state index in [9.17, 15) is 22.8 Å². The molecule has 0 spiro atoms. The van der Waals surface area contributed by atoms with E-state index >= 15 is 0 Å². The fourth-order valence-corrected chi connectivity index (χ4v) is 3.79. The average molecular weight is 518 g/mol. The third kappa shape index (κ3) is 5.85. The SMILES string of the molecule is Cc1ccc(Cn2c(Oc3cccc(OC(F)(F)F)c3)nc3c2c(=O)n(CCN(C)C)c(=O)n3C)cc1. The van der Waals surface area contributed by atoms with E-state index in [4.69, 9.17) is 4.74 Å². The summed E-state index contributed by atoms with van der Waals surface area (Å²) in [4.78, 5) is 32.7. The summed E-state index contributed by atoms with van der Waals surface area (Å²) in [7, 11) is 5.16. The number of hydrogen-bond donors (Lipinski definition) is 0. The number of nitrogens with zero attached hydrogens (tertiary/aromatic N) is 5. The highest BCUT2D eigenvalue weighted by Crippen LogP contribution is 2.30. The van der Waals surface area contributed by atoms with E-state index in [-0.39, 0.29) is 36.0 Å². The van der Waals surface area contributed by atoms with Gasteiger partial charge in [0, 0.05) is 26.2 Å². The largest absolute Gasteiger partial charge is 0.573 e. The van der Waals surface area contributed by atoms with Crippen molar-refractivity contribution >= 4 is 11.2 Å². The number of benzene rings is 2. The van der Waals surface area contributed by atoms with E-state index in [1.807, 2.05) is 50.2 Å². The molecule has 0 aliphatic heterocycles. The predicted molar refractivity (Wildman–Crippen MR) is 131 cm³/mol. The smallest absolute Gasteiger partial charge is 0.425 e. The molecular formula is C25H26F3N5O4. The number of ether oxygens (including phenoxy) is 2. The Morgan fingerprint density at radius 2 is 1.68 bits per heavy atom. The third-order valence-corrected chi connectivity index (χ3v) is 5.68.